The first-order valence-corrected chi connectivity index (χ1v) is 11.8. The van der Waals surface area contributed by atoms with E-state index in [1.807, 2.05) is 0 Å². The highest BCUT2D eigenvalue weighted by Gasteiger charge is 2.14. The molecule has 2 aromatic heterocycles. The Morgan fingerprint density at radius 2 is 1.45 bits per heavy atom. The van der Waals surface area contributed by atoms with Crippen LogP contribution in [0.1, 0.15) is 46.7 Å². The normalized spacial score (nSPS) is 10.7. The predicted molar refractivity (Wildman–Crippen MR) is 135 cm³/mol. The van der Waals surface area contributed by atoms with Crippen molar-refractivity contribution in [2.45, 2.75) is 25.7 Å². The Morgan fingerprint density at radius 3 is 2.05 bits per heavy atom. The molecule has 196 valence electrons. The van der Waals surface area contributed by atoms with Gasteiger partial charge in [0.25, 0.3) is 0 Å². The van der Waals surface area contributed by atoms with Crippen LogP contribution in [-0.2, 0) is 9.53 Å². The highest BCUT2D eigenvalue weighted by atomic mass is 16.5. The van der Waals surface area contributed by atoms with E-state index in [0.29, 0.717) is 47.1 Å². The van der Waals surface area contributed by atoms with E-state index in [2.05, 4.69) is 20.4 Å². The summed E-state index contributed by atoms with van der Waals surface area (Å²) < 4.78 is 20.6. The van der Waals surface area contributed by atoms with E-state index in [1.165, 1.54) is 19.2 Å². The van der Waals surface area contributed by atoms with Crippen LogP contribution in [0.15, 0.2) is 69.7 Å². The van der Waals surface area contributed by atoms with Crippen LogP contribution in [0.25, 0.3) is 22.6 Å². The van der Waals surface area contributed by atoms with Crippen molar-refractivity contribution in [1.82, 2.24) is 10.3 Å². The van der Waals surface area contributed by atoms with Gasteiger partial charge in [0.2, 0.25) is 5.91 Å². The number of methoxy groups -OCH3 is 1. The summed E-state index contributed by atoms with van der Waals surface area (Å²) in [5.74, 6) is -0.335. The summed E-state index contributed by atoms with van der Waals surface area (Å²) >= 11 is 0. The number of amides is 1. The molecule has 38 heavy (non-hydrogen) atoms. The van der Waals surface area contributed by atoms with Crippen LogP contribution in [0.3, 0.4) is 0 Å². The van der Waals surface area contributed by atoms with Crippen LogP contribution in [0.2, 0.25) is 0 Å². The minimum absolute atomic E-state index is 0.0830. The first-order chi connectivity index (χ1) is 18.4. The van der Waals surface area contributed by atoms with Gasteiger partial charge >= 0.3 is 11.9 Å². The quantitative estimate of drug-likeness (QED) is 0.192. The van der Waals surface area contributed by atoms with E-state index in [1.54, 1.807) is 48.5 Å². The fourth-order valence-corrected chi connectivity index (χ4v) is 3.54. The Morgan fingerprint density at radius 1 is 0.842 bits per heavy atom. The number of carboxylic acids is 1. The lowest BCUT2D eigenvalue weighted by Crippen LogP contribution is -2.11. The number of rotatable bonds is 12. The number of anilines is 1. The molecule has 0 radical (unpaired) electrons. The van der Waals surface area contributed by atoms with Gasteiger partial charge in [-0.3, -0.25) is 4.79 Å². The maximum Gasteiger partial charge on any atom is 0.360 e. The van der Waals surface area contributed by atoms with Crippen molar-refractivity contribution >= 4 is 23.5 Å². The molecule has 11 heteroatoms. The van der Waals surface area contributed by atoms with Gasteiger partial charge in [-0.05, 0) is 67.8 Å². The molecule has 4 aromatic rings. The molecule has 2 N–H and O–H groups in total. The number of aromatic carboxylic acids is 1. The largest absolute Gasteiger partial charge is 0.494 e. The first-order valence-electron chi connectivity index (χ1n) is 11.8. The van der Waals surface area contributed by atoms with Crippen molar-refractivity contribution in [2.24, 2.45) is 0 Å². The van der Waals surface area contributed by atoms with Crippen LogP contribution in [-0.4, -0.2) is 47.0 Å². The SMILES string of the molecule is COC(=O)c1cc(-c2ccc(NC(=O)CCCCCOc3ccc(-c4cc(C(=O)O)no4)cc3)cc2)on1. The number of benzene rings is 2. The van der Waals surface area contributed by atoms with Gasteiger partial charge in [-0.15, -0.1) is 0 Å². The molecule has 2 heterocycles. The third kappa shape index (κ3) is 6.84. The van der Waals surface area contributed by atoms with Crippen molar-refractivity contribution in [3.05, 3.63) is 72.1 Å². The molecular weight excluding hydrogens is 494 g/mol. The van der Waals surface area contributed by atoms with Crippen LogP contribution < -0.4 is 10.1 Å². The minimum atomic E-state index is -1.15. The monoisotopic (exact) mass is 519 g/mol. The van der Waals surface area contributed by atoms with Crippen LogP contribution >= 0.6 is 0 Å². The average Bonchev–Trinajstić information content (AvgIpc) is 3.62. The molecule has 0 aliphatic heterocycles. The average molecular weight is 520 g/mol. The number of nitrogens with one attached hydrogen (secondary N) is 1. The van der Waals surface area contributed by atoms with Crippen molar-refractivity contribution in [3.8, 4) is 28.4 Å². The van der Waals surface area contributed by atoms with Gasteiger partial charge in [0, 0.05) is 35.4 Å². The number of hydrogen-bond donors (Lipinski definition) is 2. The summed E-state index contributed by atoms with van der Waals surface area (Å²) in [6, 6.07) is 17.0. The molecule has 0 spiro atoms. The van der Waals surface area contributed by atoms with Crippen molar-refractivity contribution < 1.29 is 38.0 Å². The number of aromatic nitrogens is 2. The molecule has 4 rings (SSSR count). The summed E-state index contributed by atoms with van der Waals surface area (Å²) in [6.45, 7) is 0.507. The highest BCUT2D eigenvalue weighted by Crippen LogP contribution is 2.24. The Hall–Kier alpha value is -4.93. The zero-order valence-electron chi connectivity index (χ0n) is 20.5. The van der Waals surface area contributed by atoms with E-state index < -0.39 is 11.9 Å². The molecule has 0 bridgehead atoms. The van der Waals surface area contributed by atoms with Crippen molar-refractivity contribution in [3.63, 3.8) is 0 Å². The van der Waals surface area contributed by atoms with Gasteiger partial charge in [0.05, 0.1) is 13.7 Å². The van der Waals surface area contributed by atoms with Gasteiger partial charge in [0.15, 0.2) is 22.9 Å². The number of carbonyl (C=O) groups excluding carboxylic acids is 2. The zero-order chi connectivity index (χ0) is 26.9. The lowest BCUT2D eigenvalue weighted by atomic mass is 10.1. The number of esters is 1. The maximum absolute atomic E-state index is 12.3. The van der Waals surface area contributed by atoms with Gasteiger partial charge in [-0.2, -0.15) is 0 Å². The molecular formula is C27H25N3O8. The molecule has 11 nitrogen and oxygen atoms in total. The van der Waals surface area contributed by atoms with E-state index in [4.69, 9.17) is 18.9 Å². The second-order valence-electron chi connectivity index (χ2n) is 8.26. The smallest absolute Gasteiger partial charge is 0.360 e. The van der Waals surface area contributed by atoms with E-state index in [-0.39, 0.29) is 17.3 Å². The molecule has 0 aliphatic carbocycles. The number of ether oxygens (including phenoxy) is 2. The highest BCUT2D eigenvalue weighted by molar-refractivity contribution is 5.91. The third-order valence-electron chi connectivity index (χ3n) is 5.54. The van der Waals surface area contributed by atoms with Gasteiger partial charge in [-0.25, -0.2) is 9.59 Å². The summed E-state index contributed by atoms with van der Waals surface area (Å²) in [7, 11) is 1.27. The Balaban J connectivity index is 1.13. The van der Waals surface area contributed by atoms with Crippen LogP contribution in [0.4, 0.5) is 5.69 Å². The van der Waals surface area contributed by atoms with Gasteiger partial charge in [-0.1, -0.05) is 10.3 Å². The predicted octanol–water partition coefficient (Wildman–Crippen LogP) is 5.06. The maximum atomic E-state index is 12.3. The van der Waals surface area contributed by atoms with E-state index in [0.717, 1.165) is 19.3 Å². The Kier molecular flexibility index (Phi) is 8.50. The second kappa shape index (κ2) is 12.3. The molecule has 0 fully saturated rings. The number of carboxylic acid groups (broad SMARTS) is 1. The van der Waals surface area contributed by atoms with Crippen LogP contribution in [0.5, 0.6) is 5.75 Å². The fraction of sp³-hybridized carbons (Fsp3) is 0.222. The molecule has 0 unspecified atom stereocenters. The summed E-state index contributed by atoms with van der Waals surface area (Å²) in [4.78, 5) is 34.7. The Labute approximate surface area is 217 Å². The number of nitrogens with zero attached hydrogens (tertiary/aromatic N) is 2. The zero-order valence-corrected chi connectivity index (χ0v) is 20.5. The lowest BCUT2D eigenvalue weighted by molar-refractivity contribution is -0.116. The number of unbranched alkanes of at least 4 members (excludes halogenated alkanes) is 2. The summed E-state index contributed by atoms with van der Waals surface area (Å²) in [6.07, 6.45) is 2.72. The lowest BCUT2D eigenvalue weighted by Gasteiger charge is -2.07. The third-order valence-corrected chi connectivity index (χ3v) is 5.54. The van der Waals surface area contributed by atoms with Crippen molar-refractivity contribution in [2.75, 3.05) is 19.0 Å². The molecule has 0 saturated heterocycles. The molecule has 0 aliphatic rings. The molecule has 2 aromatic carbocycles. The van der Waals surface area contributed by atoms with Gasteiger partial charge in [0.1, 0.15) is 5.75 Å². The first kappa shape index (κ1) is 26.1. The molecule has 0 atom stereocenters. The second-order valence-corrected chi connectivity index (χ2v) is 8.26. The van der Waals surface area contributed by atoms with Crippen LogP contribution in [0, 0.1) is 0 Å². The fourth-order valence-electron chi connectivity index (χ4n) is 3.54. The molecule has 1 amide bonds. The standard InChI is InChI=1S/C27H25N3O8/c1-35-27(34)22-16-24(38-30-22)17-6-10-19(11-7-17)28-25(31)5-3-2-4-14-36-20-12-8-18(9-13-20)23-15-21(26(32)33)29-37-23/h6-13,15-16H,2-5,14H2,1H3,(H,28,31)(H,32,33). The van der Waals surface area contributed by atoms with Crippen molar-refractivity contribution in [1.29, 1.82) is 0 Å². The van der Waals surface area contributed by atoms with E-state index >= 15 is 0 Å². The summed E-state index contributed by atoms with van der Waals surface area (Å²) in [5.41, 5.74) is 2.01. The molecule has 0 saturated carbocycles. The number of hydrogen-bond acceptors (Lipinski definition) is 9. The Bertz CT molecular complexity index is 1390. The van der Waals surface area contributed by atoms with Gasteiger partial charge < -0.3 is 28.9 Å². The summed E-state index contributed by atoms with van der Waals surface area (Å²) in [5, 5.41) is 19.0. The van der Waals surface area contributed by atoms with E-state index in [9.17, 15) is 14.4 Å². The topological polar surface area (TPSA) is 154 Å². The number of carbonyl (C=O) groups is 3. The minimum Gasteiger partial charge on any atom is -0.494 e.